The van der Waals surface area contributed by atoms with Crippen LogP contribution in [0.25, 0.3) is 11.0 Å². The van der Waals surface area contributed by atoms with Gasteiger partial charge in [-0.25, -0.2) is 0 Å². The lowest BCUT2D eigenvalue weighted by Gasteiger charge is -2.20. The average Bonchev–Trinajstić information content (AvgIpc) is 3.20. The van der Waals surface area contributed by atoms with Gasteiger partial charge in [0.25, 0.3) is 5.91 Å². The number of aromatic amines is 1. The highest BCUT2D eigenvalue weighted by atomic mass is 16.5. The van der Waals surface area contributed by atoms with Crippen molar-refractivity contribution in [2.75, 3.05) is 7.11 Å². The molecular weight excluding hydrogens is 340 g/mol. The molecule has 4 aromatic rings. The molecule has 1 heterocycles. The molecule has 1 amide bonds. The minimum atomic E-state index is -0.280. The molecule has 1 atom stereocenters. The molecule has 3 aromatic carbocycles. The molecule has 0 bridgehead atoms. The Kier molecular flexibility index (Phi) is 4.53. The van der Waals surface area contributed by atoms with Gasteiger partial charge >= 0.3 is 0 Å². The lowest BCUT2D eigenvalue weighted by molar-refractivity contribution is 0.0943. The molecule has 1 unspecified atom stereocenters. The van der Waals surface area contributed by atoms with Gasteiger partial charge in [0.1, 0.15) is 16.8 Å². The van der Waals surface area contributed by atoms with E-state index in [1.165, 1.54) is 0 Å². The molecule has 6 nitrogen and oxygen atoms in total. The van der Waals surface area contributed by atoms with Crippen molar-refractivity contribution in [1.29, 1.82) is 0 Å². The van der Waals surface area contributed by atoms with E-state index in [4.69, 9.17) is 4.74 Å². The van der Waals surface area contributed by atoms with Gasteiger partial charge in [0.05, 0.1) is 13.2 Å². The van der Waals surface area contributed by atoms with Gasteiger partial charge in [-0.3, -0.25) is 4.79 Å². The van der Waals surface area contributed by atoms with E-state index in [9.17, 15) is 4.79 Å². The Morgan fingerprint density at radius 3 is 2.37 bits per heavy atom. The van der Waals surface area contributed by atoms with E-state index in [2.05, 4.69) is 20.7 Å². The van der Waals surface area contributed by atoms with Gasteiger partial charge in [-0.2, -0.15) is 15.4 Å². The van der Waals surface area contributed by atoms with Gasteiger partial charge in [0.2, 0.25) is 0 Å². The first-order chi connectivity index (χ1) is 13.2. The molecule has 0 fully saturated rings. The molecule has 1 aromatic heterocycles. The number of fused-ring (bicyclic) bond motifs is 1. The molecule has 6 heteroatoms. The first-order valence-corrected chi connectivity index (χ1v) is 8.55. The first kappa shape index (κ1) is 16.8. The number of carbonyl (C=O) groups is 1. The van der Waals surface area contributed by atoms with Crippen molar-refractivity contribution < 1.29 is 9.53 Å². The monoisotopic (exact) mass is 358 g/mol. The lowest BCUT2D eigenvalue weighted by Crippen LogP contribution is -2.29. The van der Waals surface area contributed by atoms with Crippen molar-refractivity contribution >= 4 is 16.9 Å². The first-order valence-electron chi connectivity index (χ1n) is 8.55. The summed E-state index contributed by atoms with van der Waals surface area (Å²) in [5, 5.41) is 13.7. The molecule has 134 valence electrons. The van der Waals surface area contributed by atoms with Gasteiger partial charge in [-0.1, -0.05) is 42.5 Å². The molecule has 0 saturated carbocycles. The lowest BCUT2D eigenvalue weighted by atomic mass is 9.98. The summed E-state index contributed by atoms with van der Waals surface area (Å²) in [4.78, 5) is 12.9. The number of nitrogens with zero attached hydrogens (tertiary/aromatic N) is 2. The molecule has 0 saturated heterocycles. The summed E-state index contributed by atoms with van der Waals surface area (Å²) in [5.74, 6) is 0.595. The van der Waals surface area contributed by atoms with Crippen molar-refractivity contribution in [3.63, 3.8) is 0 Å². The summed E-state index contributed by atoms with van der Waals surface area (Å²) in [6.07, 6.45) is 0. The van der Waals surface area contributed by atoms with Crippen LogP contribution in [0.4, 0.5) is 0 Å². The minimum absolute atomic E-state index is 0.176. The standard InChI is InChI=1S/C21H18N4O2/c1-27-17-10-7-15(8-11-17)20(14-5-3-2-4-6-14)22-21(26)16-9-12-18-19(13-16)24-25-23-18/h2-13,20H,1H3,(H,22,26)(H,23,24,25). The number of nitrogens with one attached hydrogen (secondary N) is 2. The summed E-state index contributed by atoms with van der Waals surface area (Å²) in [7, 11) is 1.63. The molecule has 0 aliphatic carbocycles. The largest absolute Gasteiger partial charge is 0.497 e. The highest BCUT2D eigenvalue weighted by molar-refractivity contribution is 5.97. The van der Waals surface area contributed by atoms with Crippen LogP contribution < -0.4 is 10.1 Å². The Morgan fingerprint density at radius 2 is 1.63 bits per heavy atom. The number of benzene rings is 3. The summed E-state index contributed by atoms with van der Waals surface area (Å²) in [6.45, 7) is 0. The predicted octanol–water partition coefficient (Wildman–Crippen LogP) is 3.49. The Balaban J connectivity index is 1.66. The van der Waals surface area contributed by atoms with Crippen molar-refractivity contribution in [2.24, 2.45) is 0 Å². The number of hydrogen-bond acceptors (Lipinski definition) is 4. The summed E-state index contributed by atoms with van der Waals surface area (Å²) >= 11 is 0. The third-order valence-corrected chi connectivity index (χ3v) is 4.44. The van der Waals surface area contributed by atoms with E-state index in [1.54, 1.807) is 25.3 Å². The van der Waals surface area contributed by atoms with E-state index >= 15 is 0 Å². The number of ether oxygens (including phenoxy) is 1. The normalized spacial score (nSPS) is 11.9. The number of methoxy groups -OCH3 is 1. The van der Waals surface area contributed by atoms with Crippen molar-refractivity contribution in [2.45, 2.75) is 6.04 Å². The van der Waals surface area contributed by atoms with Crippen LogP contribution in [0.3, 0.4) is 0 Å². The van der Waals surface area contributed by atoms with Crippen molar-refractivity contribution in [1.82, 2.24) is 20.7 Å². The predicted molar refractivity (Wildman–Crippen MR) is 103 cm³/mol. The SMILES string of the molecule is COc1ccc(C(NC(=O)c2ccc3n[nH]nc3c2)c2ccccc2)cc1. The van der Waals surface area contributed by atoms with Gasteiger partial charge < -0.3 is 10.1 Å². The van der Waals surface area contributed by atoms with Gasteiger partial charge in [0, 0.05) is 5.56 Å². The number of carbonyl (C=O) groups excluding carboxylic acids is 1. The van der Waals surface area contributed by atoms with E-state index in [-0.39, 0.29) is 11.9 Å². The zero-order valence-corrected chi connectivity index (χ0v) is 14.7. The third kappa shape index (κ3) is 3.50. The van der Waals surface area contributed by atoms with E-state index < -0.39 is 0 Å². The Hall–Kier alpha value is -3.67. The van der Waals surface area contributed by atoms with Crippen LogP contribution in [-0.2, 0) is 0 Å². The average molecular weight is 358 g/mol. The third-order valence-electron chi connectivity index (χ3n) is 4.44. The van der Waals surface area contributed by atoms with Gasteiger partial charge in [0.15, 0.2) is 0 Å². The van der Waals surface area contributed by atoms with Crippen LogP contribution in [0, 0.1) is 0 Å². The zero-order valence-electron chi connectivity index (χ0n) is 14.7. The highest BCUT2D eigenvalue weighted by Crippen LogP contribution is 2.25. The molecule has 4 rings (SSSR count). The van der Waals surface area contributed by atoms with Crippen LogP contribution in [-0.4, -0.2) is 28.4 Å². The summed E-state index contributed by atoms with van der Waals surface area (Å²) in [5.41, 5.74) is 3.88. The van der Waals surface area contributed by atoms with Crippen LogP contribution in [0.15, 0.2) is 72.8 Å². The number of H-pyrrole nitrogens is 1. The minimum Gasteiger partial charge on any atom is -0.497 e. The van der Waals surface area contributed by atoms with Crippen molar-refractivity contribution in [3.8, 4) is 5.75 Å². The topological polar surface area (TPSA) is 79.9 Å². The fraction of sp³-hybridized carbons (Fsp3) is 0.0952. The maximum atomic E-state index is 12.9. The van der Waals surface area contributed by atoms with E-state index in [0.717, 1.165) is 22.4 Å². The van der Waals surface area contributed by atoms with Crippen molar-refractivity contribution in [3.05, 3.63) is 89.5 Å². The zero-order chi connectivity index (χ0) is 18.6. The maximum absolute atomic E-state index is 12.9. The van der Waals surface area contributed by atoms with Gasteiger partial charge in [-0.15, -0.1) is 0 Å². The Labute approximate surface area is 156 Å². The van der Waals surface area contributed by atoms with Crippen LogP contribution in [0.5, 0.6) is 5.75 Å². The highest BCUT2D eigenvalue weighted by Gasteiger charge is 2.18. The van der Waals surface area contributed by atoms with E-state index in [0.29, 0.717) is 11.1 Å². The molecular formula is C21H18N4O2. The van der Waals surface area contributed by atoms with Crippen LogP contribution >= 0.6 is 0 Å². The second-order valence-electron chi connectivity index (χ2n) is 6.12. The fourth-order valence-corrected chi connectivity index (χ4v) is 3.00. The number of rotatable bonds is 5. The maximum Gasteiger partial charge on any atom is 0.252 e. The molecule has 0 spiro atoms. The van der Waals surface area contributed by atoms with Crippen LogP contribution in [0.1, 0.15) is 27.5 Å². The molecule has 0 radical (unpaired) electrons. The second-order valence-corrected chi connectivity index (χ2v) is 6.12. The smallest absolute Gasteiger partial charge is 0.252 e. The Bertz CT molecular complexity index is 1060. The van der Waals surface area contributed by atoms with Crippen LogP contribution in [0.2, 0.25) is 0 Å². The molecule has 0 aliphatic heterocycles. The van der Waals surface area contributed by atoms with E-state index in [1.807, 2.05) is 54.6 Å². The number of hydrogen-bond donors (Lipinski definition) is 2. The second kappa shape index (κ2) is 7.29. The fourth-order valence-electron chi connectivity index (χ4n) is 3.00. The van der Waals surface area contributed by atoms with Gasteiger partial charge in [-0.05, 0) is 41.5 Å². The summed E-state index contributed by atoms with van der Waals surface area (Å²) < 4.78 is 5.24. The molecule has 0 aliphatic rings. The molecule has 2 N–H and O–H groups in total. The Morgan fingerprint density at radius 1 is 0.926 bits per heavy atom. The summed E-state index contributed by atoms with van der Waals surface area (Å²) in [6, 6.07) is 22.5. The number of amides is 1. The number of aromatic nitrogens is 3. The quantitative estimate of drug-likeness (QED) is 0.572. The molecule has 27 heavy (non-hydrogen) atoms.